The normalized spacial score (nSPS) is 42.2. The summed E-state index contributed by atoms with van der Waals surface area (Å²) in [4.78, 5) is 17.1. The summed E-state index contributed by atoms with van der Waals surface area (Å²) in [6.07, 6.45) is 4.64. The molecule has 2 atom stereocenters. The SMILES string of the molecule is O=C(C1CC2CC2C1)N1CCCO1. The van der Waals surface area contributed by atoms with Gasteiger partial charge < -0.3 is 0 Å². The first-order valence-electron chi connectivity index (χ1n) is 5.29. The number of hydroxylamine groups is 2. The third-order valence-corrected chi connectivity index (χ3v) is 3.59. The van der Waals surface area contributed by atoms with Crippen molar-refractivity contribution in [1.82, 2.24) is 5.06 Å². The lowest BCUT2D eigenvalue weighted by Crippen LogP contribution is -2.32. The highest BCUT2D eigenvalue weighted by Crippen LogP contribution is 2.54. The van der Waals surface area contributed by atoms with E-state index in [4.69, 9.17) is 4.84 Å². The van der Waals surface area contributed by atoms with Crippen LogP contribution in [0.2, 0.25) is 0 Å². The fourth-order valence-electron chi connectivity index (χ4n) is 2.74. The molecule has 2 aliphatic carbocycles. The molecule has 13 heavy (non-hydrogen) atoms. The smallest absolute Gasteiger partial charge is 0.249 e. The van der Waals surface area contributed by atoms with Crippen LogP contribution in [-0.2, 0) is 9.63 Å². The molecule has 2 saturated carbocycles. The van der Waals surface area contributed by atoms with E-state index in [1.54, 1.807) is 5.06 Å². The van der Waals surface area contributed by atoms with Crippen LogP contribution in [0.25, 0.3) is 0 Å². The molecule has 72 valence electrons. The molecule has 0 radical (unpaired) electrons. The summed E-state index contributed by atoms with van der Waals surface area (Å²) in [5.74, 6) is 2.32. The Bertz CT molecular complexity index is 225. The van der Waals surface area contributed by atoms with Gasteiger partial charge in [-0.25, -0.2) is 5.06 Å². The number of fused-ring (bicyclic) bond motifs is 1. The van der Waals surface area contributed by atoms with Crippen LogP contribution >= 0.6 is 0 Å². The second-order valence-electron chi connectivity index (χ2n) is 4.55. The van der Waals surface area contributed by atoms with Crippen molar-refractivity contribution in [2.45, 2.75) is 25.7 Å². The second kappa shape index (κ2) is 2.71. The van der Waals surface area contributed by atoms with E-state index >= 15 is 0 Å². The van der Waals surface area contributed by atoms with Gasteiger partial charge in [0.15, 0.2) is 0 Å². The minimum absolute atomic E-state index is 0.254. The van der Waals surface area contributed by atoms with Crippen LogP contribution < -0.4 is 0 Å². The zero-order valence-electron chi connectivity index (χ0n) is 7.74. The zero-order chi connectivity index (χ0) is 8.84. The fourth-order valence-corrected chi connectivity index (χ4v) is 2.74. The van der Waals surface area contributed by atoms with E-state index in [9.17, 15) is 4.79 Å². The third kappa shape index (κ3) is 1.26. The molecule has 1 amide bonds. The van der Waals surface area contributed by atoms with Crippen LogP contribution in [0.15, 0.2) is 0 Å². The molecule has 0 spiro atoms. The molecule has 3 rings (SSSR count). The molecule has 1 saturated heterocycles. The lowest BCUT2D eigenvalue weighted by atomic mass is 10.0. The van der Waals surface area contributed by atoms with E-state index in [1.165, 1.54) is 6.42 Å². The van der Waals surface area contributed by atoms with E-state index < -0.39 is 0 Å². The van der Waals surface area contributed by atoms with Crippen molar-refractivity contribution < 1.29 is 9.63 Å². The van der Waals surface area contributed by atoms with Crippen molar-refractivity contribution in [3.8, 4) is 0 Å². The van der Waals surface area contributed by atoms with Crippen molar-refractivity contribution >= 4 is 5.91 Å². The number of carbonyl (C=O) groups is 1. The summed E-state index contributed by atoms with van der Waals surface area (Å²) in [7, 11) is 0. The molecule has 0 aromatic heterocycles. The van der Waals surface area contributed by atoms with Gasteiger partial charge in [0.25, 0.3) is 0 Å². The van der Waals surface area contributed by atoms with Crippen molar-refractivity contribution in [2.75, 3.05) is 13.2 Å². The van der Waals surface area contributed by atoms with Gasteiger partial charge in [0.05, 0.1) is 13.2 Å². The molecule has 2 unspecified atom stereocenters. The molecule has 0 aromatic rings. The molecule has 0 bridgehead atoms. The molecule has 1 heterocycles. The third-order valence-electron chi connectivity index (χ3n) is 3.59. The number of carbonyl (C=O) groups excluding carboxylic acids is 1. The Kier molecular flexibility index (Phi) is 1.62. The Morgan fingerprint density at radius 3 is 2.62 bits per heavy atom. The van der Waals surface area contributed by atoms with Gasteiger partial charge in [-0.3, -0.25) is 9.63 Å². The van der Waals surface area contributed by atoms with Gasteiger partial charge in [0, 0.05) is 5.92 Å². The predicted molar refractivity (Wildman–Crippen MR) is 46.6 cm³/mol. The largest absolute Gasteiger partial charge is 0.272 e. The van der Waals surface area contributed by atoms with Gasteiger partial charge in [-0.1, -0.05) is 0 Å². The van der Waals surface area contributed by atoms with Crippen LogP contribution in [0.3, 0.4) is 0 Å². The summed E-state index contributed by atoms with van der Waals surface area (Å²) in [5.41, 5.74) is 0. The monoisotopic (exact) mass is 181 g/mol. The maximum atomic E-state index is 11.8. The van der Waals surface area contributed by atoms with Crippen LogP contribution in [-0.4, -0.2) is 24.1 Å². The minimum atomic E-state index is 0.254. The molecule has 0 aromatic carbocycles. The van der Waals surface area contributed by atoms with Crippen molar-refractivity contribution in [3.05, 3.63) is 0 Å². The van der Waals surface area contributed by atoms with Gasteiger partial charge in [-0.05, 0) is 37.5 Å². The average Bonchev–Trinajstić information content (AvgIpc) is 2.63. The topological polar surface area (TPSA) is 29.5 Å². The Morgan fingerprint density at radius 2 is 2.00 bits per heavy atom. The first-order valence-corrected chi connectivity index (χ1v) is 5.29. The summed E-state index contributed by atoms with van der Waals surface area (Å²) in [6, 6.07) is 0. The molecule has 3 heteroatoms. The van der Waals surface area contributed by atoms with E-state index in [1.807, 2.05) is 0 Å². The molecule has 0 N–H and O–H groups in total. The summed E-state index contributed by atoms with van der Waals surface area (Å²) in [6.45, 7) is 1.54. The summed E-state index contributed by atoms with van der Waals surface area (Å²) in [5, 5.41) is 1.59. The van der Waals surface area contributed by atoms with Gasteiger partial charge in [0.2, 0.25) is 5.91 Å². The predicted octanol–water partition coefficient (Wildman–Crippen LogP) is 1.20. The molecule has 3 fully saturated rings. The highest BCUT2D eigenvalue weighted by Gasteiger charge is 2.49. The van der Waals surface area contributed by atoms with E-state index in [0.717, 1.165) is 44.2 Å². The highest BCUT2D eigenvalue weighted by molar-refractivity contribution is 5.78. The van der Waals surface area contributed by atoms with Crippen LogP contribution in [0.4, 0.5) is 0 Å². The minimum Gasteiger partial charge on any atom is -0.272 e. The van der Waals surface area contributed by atoms with E-state index in [2.05, 4.69) is 0 Å². The number of hydrogen-bond acceptors (Lipinski definition) is 2. The molecule has 1 aliphatic heterocycles. The quantitative estimate of drug-likeness (QED) is 0.608. The maximum Gasteiger partial charge on any atom is 0.249 e. The van der Waals surface area contributed by atoms with Crippen molar-refractivity contribution in [2.24, 2.45) is 17.8 Å². The van der Waals surface area contributed by atoms with Gasteiger partial charge >= 0.3 is 0 Å². The standard InChI is InChI=1S/C10H15NO2/c12-10(11-2-1-3-13-11)9-5-7-4-8(7)6-9/h7-9H,1-6H2. The Balaban J connectivity index is 1.61. The average molecular weight is 181 g/mol. The molecular formula is C10H15NO2. The summed E-state index contributed by atoms with van der Waals surface area (Å²) < 4.78 is 0. The summed E-state index contributed by atoms with van der Waals surface area (Å²) >= 11 is 0. The molecule has 3 nitrogen and oxygen atoms in total. The Morgan fingerprint density at radius 1 is 1.23 bits per heavy atom. The van der Waals surface area contributed by atoms with Crippen LogP contribution in [0.5, 0.6) is 0 Å². The fraction of sp³-hybridized carbons (Fsp3) is 0.900. The van der Waals surface area contributed by atoms with Gasteiger partial charge in [-0.2, -0.15) is 0 Å². The lowest BCUT2D eigenvalue weighted by molar-refractivity contribution is -0.173. The molecular weight excluding hydrogens is 166 g/mol. The Labute approximate surface area is 78.0 Å². The number of rotatable bonds is 1. The zero-order valence-corrected chi connectivity index (χ0v) is 7.74. The highest BCUT2D eigenvalue weighted by atomic mass is 16.7. The van der Waals surface area contributed by atoms with E-state index in [0.29, 0.717) is 5.92 Å². The second-order valence-corrected chi connectivity index (χ2v) is 4.55. The molecule has 3 aliphatic rings. The van der Waals surface area contributed by atoms with Crippen molar-refractivity contribution in [1.29, 1.82) is 0 Å². The van der Waals surface area contributed by atoms with Crippen molar-refractivity contribution in [3.63, 3.8) is 0 Å². The number of hydrogen-bond donors (Lipinski definition) is 0. The first-order chi connectivity index (χ1) is 6.34. The Hall–Kier alpha value is -0.570. The van der Waals surface area contributed by atoms with Gasteiger partial charge in [-0.15, -0.1) is 0 Å². The lowest BCUT2D eigenvalue weighted by Gasteiger charge is -2.18. The van der Waals surface area contributed by atoms with Crippen LogP contribution in [0.1, 0.15) is 25.7 Å². The number of nitrogens with zero attached hydrogens (tertiary/aromatic N) is 1. The van der Waals surface area contributed by atoms with Gasteiger partial charge in [0.1, 0.15) is 0 Å². The maximum absolute atomic E-state index is 11.8. The number of amides is 1. The van der Waals surface area contributed by atoms with E-state index in [-0.39, 0.29) is 5.91 Å². The first kappa shape index (κ1) is 7.80. The van der Waals surface area contributed by atoms with Crippen LogP contribution in [0, 0.1) is 17.8 Å².